The lowest BCUT2D eigenvalue weighted by atomic mass is 10.1. The van der Waals surface area contributed by atoms with E-state index in [1.807, 2.05) is 36.4 Å². The van der Waals surface area contributed by atoms with E-state index >= 15 is 0 Å². The highest BCUT2D eigenvalue weighted by Gasteiger charge is 2.09. The van der Waals surface area contributed by atoms with Gasteiger partial charge in [-0.3, -0.25) is 0 Å². The van der Waals surface area contributed by atoms with Gasteiger partial charge in [0.1, 0.15) is 5.82 Å². The van der Waals surface area contributed by atoms with Crippen molar-refractivity contribution in [2.75, 3.05) is 0 Å². The van der Waals surface area contributed by atoms with Crippen molar-refractivity contribution >= 4 is 23.1 Å². The number of hydrogen-bond acceptors (Lipinski definition) is 2. The average Bonchev–Trinajstić information content (AvgIpc) is 2.91. The first kappa shape index (κ1) is 15.0. The van der Waals surface area contributed by atoms with Crippen LogP contribution < -0.4 is 0 Å². The number of para-hydroxylation sites is 2. The summed E-state index contributed by atoms with van der Waals surface area (Å²) in [5, 5.41) is 8.99. The Balaban J connectivity index is 2.00. The number of carbonyl (C=O) groups is 1. The Kier molecular flexibility index (Phi) is 4.24. The van der Waals surface area contributed by atoms with E-state index in [1.54, 1.807) is 12.1 Å². The van der Waals surface area contributed by atoms with Gasteiger partial charge in [0.25, 0.3) is 0 Å². The van der Waals surface area contributed by atoms with Crippen LogP contribution in [0.1, 0.15) is 35.1 Å². The van der Waals surface area contributed by atoms with Crippen LogP contribution in [0.2, 0.25) is 0 Å². The number of benzene rings is 2. The number of aromatic carboxylic acids is 1. The van der Waals surface area contributed by atoms with Crippen molar-refractivity contribution in [2.24, 2.45) is 0 Å². The zero-order valence-electron chi connectivity index (χ0n) is 12.9. The van der Waals surface area contributed by atoms with Crippen LogP contribution in [0.15, 0.2) is 54.6 Å². The molecule has 2 aromatic carbocycles. The fourth-order valence-corrected chi connectivity index (χ4v) is 2.55. The smallest absolute Gasteiger partial charge is 0.335 e. The maximum Gasteiger partial charge on any atom is 0.335 e. The number of imidazole rings is 1. The first-order valence-electron chi connectivity index (χ1n) is 7.63. The fraction of sp³-hybridized carbons (Fsp3) is 0.158. The second-order valence-electron chi connectivity index (χ2n) is 5.36. The summed E-state index contributed by atoms with van der Waals surface area (Å²) in [4.78, 5) is 15.6. The molecule has 4 heteroatoms. The summed E-state index contributed by atoms with van der Waals surface area (Å²) in [5.74, 6) is 0.00607. The molecule has 0 fully saturated rings. The van der Waals surface area contributed by atoms with Crippen LogP contribution in [-0.4, -0.2) is 20.6 Å². The molecule has 1 aromatic heterocycles. The van der Waals surface area contributed by atoms with Crippen LogP contribution in [0.3, 0.4) is 0 Å². The molecule has 1 heterocycles. The Morgan fingerprint density at radius 3 is 2.61 bits per heavy atom. The Hall–Kier alpha value is -2.88. The first-order chi connectivity index (χ1) is 11.2. The van der Waals surface area contributed by atoms with Crippen LogP contribution in [0.5, 0.6) is 0 Å². The number of carboxylic acids is 1. The Bertz CT molecular complexity index is 861. The van der Waals surface area contributed by atoms with Gasteiger partial charge in [0.05, 0.1) is 16.6 Å². The molecule has 0 saturated heterocycles. The zero-order chi connectivity index (χ0) is 16.2. The van der Waals surface area contributed by atoms with E-state index in [9.17, 15) is 4.79 Å². The molecule has 0 aliphatic heterocycles. The maximum atomic E-state index is 11.0. The van der Waals surface area contributed by atoms with Crippen molar-refractivity contribution in [3.8, 4) is 0 Å². The molecule has 0 radical (unpaired) electrons. The fourth-order valence-electron chi connectivity index (χ4n) is 2.55. The molecule has 0 spiro atoms. The van der Waals surface area contributed by atoms with Crippen molar-refractivity contribution in [3.05, 3.63) is 71.6 Å². The molecular weight excluding hydrogens is 288 g/mol. The molecule has 3 aromatic rings. The molecule has 0 aliphatic rings. The summed E-state index contributed by atoms with van der Waals surface area (Å²) < 4.78 is 2.15. The van der Waals surface area contributed by atoms with Gasteiger partial charge in [-0.15, -0.1) is 0 Å². The highest BCUT2D eigenvalue weighted by molar-refractivity contribution is 5.87. The van der Waals surface area contributed by atoms with Gasteiger partial charge in [0, 0.05) is 6.54 Å². The van der Waals surface area contributed by atoms with E-state index < -0.39 is 5.97 Å². The van der Waals surface area contributed by atoms with Crippen molar-refractivity contribution in [2.45, 2.75) is 19.9 Å². The maximum absolute atomic E-state index is 11.0. The van der Waals surface area contributed by atoms with Crippen molar-refractivity contribution in [3.63, 3.8) is 0 Å². The largest absolute Gasteiger partial charge is 0.478 e. The standard InChI is InChI=1S/C19H18N2O2/c1-2-3-8-18-20-16-6-4-5-7-17(16)21(18)13-14-9-11-15(12-10-14)19(22)23/h3-12H,2,13H2,1H3,(H,22,23)/b8-3+. The van der Waals surface area contributed by atoms with Gasteiger partial charge < -0.3 is 9.67 Å². The Labute approximate surface area is 134 Å². The zero-order valence-corrected chi connectivity index (χ0v) is 12.9. The van der Waals surface area contributed by atoms with E-state index in [4.69, 9.17) is 5.11 Å². The van der Waals surface area contributed by atoms with Gasteiger partial charge in [0.2, 0.25) is 0 Å². The third-order valence-electron chi connectivity index (χ3n) is 3.73. The number of carboxylic acid groups (broad SMARTS) is 1. The van der Waals surface area contributed by atoms with Gasteiger partial charge in [-0.25, -0.2) is 9.78 Å². The second-order valence-corrected chi connectivity index (χ2v) is 5.36. The molecule has 4 nitrogen and oxygen atoms in total. The first-order valence-corrected chi connectivity index (χ1v) is 7.63. The summed E-state index contributed by atoms with van der Waals surface area (Å²) in [6, 6.07) is 15.0. The lowest BCUT2D eigenvalue weighted by Crippen LogP contribution is -2.03. The summed E-state index contributed by atoms with van der Waals surface area (Å²) in [5.41, 5.74) is 3.38. The van der Waals surface area contributed by atoms with Crippen LogP contribution in [0.4, 0.5) is 0 Å². The third kappa shape index (κ3) is 3.16. The van der Waals surface area contributed by atoms with Crippen molar-refractivity contribution in [1.29, 1.82) is 0 Å². The summed E-state index contributed by atoms with van der Waals surface area (Å²) in [7, 11) is 0. The predicted molar refractivity (Wildman–Crippen MR) is 91.6 cm³/mol. The molecule has 1 N–H and O–H groups in total. The quantitative estimate of drug-likeness (QED) is 0.768. The molecule has 0 bridgehead atoms. The molecule has 3 rings (SSSR count). The normalized spacial score (nSPS) is 11.3. The van der Waals surface area contributed by atoms with E-state index in [0.717, 1.165) is 28.8 Å². The minimum Gasteiger partial charge on any atom is -0.478 e. The van der Waals surface area contributed by atoms with E-state index in [2.05, 4.69) is 28.6 Å². The molecule has 0 unspecified atom stereocenters. The topological polar surface area (TPSA) is 55.1 Å². The molecule has 0 amide bonds. The number of rotatable bonds is 5. The second kappa shape index (κ2) is 6.48. The van der Waals surface area contributed by atoms with Gasteiger partial charge in [-0.1, -0.05) is 37.3 Å². The van der Waals surface area contributed by atoms with Crippen LogP contribution in [0, 0.1) is 0 Å². The van der Waals surface area contributed by atoms with Gasteiger partial charge >= 0.3 is 5.97 Å². The Morgan fingerprint density at radius 2 is 1.91 bits per heavy atom. The van der Waals surface area contributed by atoms with E-state index in [-0.39, 0.29) is 0 Å². The number of nitrogens with zero attached hydrogens (tertiary/aromatic N) is 2. The van der Waals surface area contributed by atoms with Gasteiger partial charge in [-0.05, 0) is 42.3 Å². The molecule has 0 aliphatic carbocycles. The molecule has 0 atom stereocenters. The lowest BCUT2D eigenvalue weighted by molar-refractivity contribution is 0.0697. The monoisotopic (exact) mass is 306 g/mol. The molecule has 23 heavy (non-hydrogen) atoms. The molecule has 0 saturated carbocycles. The predicted octanol–water partition coefficient (Wildman–Crippen LogP) is 4.21. The SMILES string of the molecule is CC/C=C/c1nc2ccccc2n1Cc1ccc(C(=O)O)cc1. The molecule has 116 valence electrons. The number of allylic oxidation sites excluding steroid dienone is 1. The Morgan fingerprint density at radius 1 is 1.17 bits per heavy atom. The highest BCUT2D eigenvalue weighted by atomic mass is 16.4. The van der Waals surface area contributed by atoms with Crippen molar-refractivity contribution < 1.29 is 9.90 Å². The average molecular weight is 306 g/mol. The summed E-state index contributed by atoms with van der Waals surface area (Å²) in [6.07, 6.45) is 5.08. The summed E-state index contributed by atoms with van der Waals surface area (Å²) in [6.45, 7) is 2.75. The number of hydrogen-bond donors (Lipinski definition) is 1. The highest BCUT2D eigenvalue weighted by Crippen LogP contribution is 2.19. The van der Waals surface area contributed by atoms with Gasteiger partial charge in [0.15, 0.2) is 0 Å². The van der Waals surface area contributed by atoms with Crippen LogP contribution in [0.25, 0.3) is 17.1 Å². The number of aromatic nitrogens is 2. The third-order valence-corrected chi connectivity index (χ3v) is 3.73. The minimum absolute atomic E-state index is 0.301. The van der Waals surface area contributed by atoms with E-state index in [1.165, 1.54) is 0 Å². The van der Waals surface area contributed by atoms with Crippen LogP contribution >= 0.6 is 0 Å². The number of fused-ring (bicyclic) bond motifs is 1. The van der Waals surface area contributed by atoms with Crippen LogP contribution in [-0.2, 0) is 6.54 Å². The van der Waals surface area contributed by atoms with Gasteiger partial charge in [-0.2, -0.15) is 0 Å². The molecular formula is C19H18N2O2. The summed E-state index contributed by atoms with van der Waals surface area (Å²) >= 11 is 0. The lowest BCUT2D eigenvalue weighted by Gasteiger charge is -2.08. The minimum atomic E-state index is -0.906. The van der Waals surface area contributed by atoms with E-state index in [0.29, 0.717) is 12.1 Å². The van der Waals surface area contributed by atoms with Crippen molar-refractivity contribution in [1.82, 2.24) is 9.55 Å².